The van der Waals surface area contributed by atoms with Gasteiger partial charge in [0.05, 0.1) is 23.0 Å². The van der Waals surface area contributed by atoms with E-state index in [4.69, 9.17) is 5.73 Å². The van der Waals surface area contributed by atoms with Crippen LogP contribution >= 0.6 is 0 Å². The van der Waals surface area contributed by atoms with E-state index in [0.717, 1.165) is 28.0 Å². The van der Waals surface area contributed by atoms with E-state index >= 15 is 0 Å². The van der Waals surface area contributed by atoms with Crippen LogP contribution in [0.2, 0.25) is 0 Å². The van der Waals surface area contributed by atoms with Crippen LogP contribution in [0.15, 0.2) is 48.7 Å². The molecule has 0 saturated carbocycles. The number of benzene rings is 1. The number of aryl methyl sites for hydroxylation is 3. The number of nitrogens with one attached hydrogen (secondary N) is 1. The first kappa shape index (κ1) is 18.3. The Bertz CT molecular complexity index is 1310. The van der Waals surface area contributed by atoms with Crippen LogP contribution < -0.4 is 5.73 Å². The highest BCUT2D eigenvalue weighted by Crippen LogP contribution is 2.27. The van der Waals surface area contributed by atoms with Gasteiger partial charge in [-0.15, -0.1) is 0 Å². The van der Waals surface area contributed by atoms with E-state index in [-0.39, 0.29) is 0 Å². The van der Waals surface area contributed by atoms with Crippen LogP contribution in [0.1, 0.15) is 17.0 Å². The summed E-state index contributed by atoms with van der Waals surface area (Å²) in [5.41, 5.74) is 11.0. The predicted octanol–water partition coefficient (Wildman–Crippen LogP) is 3.34. The fourth-order valence-corrected chi connectivity index (χ4v) is 3.38. The maximum Gasteiger partial charge on any atom is 0.161 e. The first-order chi connectivity index (χ1) is 14.0. The first-order valence-electron chi connectivity index (χ1n) is 9.06. The van der Waals surface area contributed by atoms with Gasteiger partial charge in [0, 0.05) is 36.0 Å². The lowest BCUT2D eigenvalue weighted by Gasteiger charge is -2.03. The third-order valence-electron chi connectivity index (χ3n) is 4.57. The molecule has 8 nitrogen and oxygen atoms in total. The SMILES string of the molecule is Cc1cc(C)n(-c2cc(N)[nH]c3nn(C)c(-c4cccc(C#N)c4)c3ccn2)n1. The van der Waals surface area contributed by atoms with Gasteiger partial charge in [0.2, 0.25) is 0 Å². The number of anilines is 1. The zero-order valence-corrected chi connectivity index (χ0v) is 16.4. The minimum atomic E-state index is 0.400. The summed E-state index contributed by atoms with van der Waals surface area (Å²) in [7, 11) is 1.85. The molecule has 3 heterocycles. The number of H-pyrrole nitrogens is 1. The summed E-state index contributed by atoms with van der Waals surface area (Å²) in [4.78, 5) is 7.72. The Balaban J connectivity index is 1.97. The molecule has 4 rings (SSSR count). The van der Waals surface area contributed by atoms with Crippen molar-refractivity contribution in [2.45, 2.75) is 13.8 Å². The Kier molecular flexibility index (Phi) is 4.49. The van der Waals surface area contributed by atoms with Crippen molar-refractivity contribution < 1.29 is 0 Å². The summed E-state index contributed by atoms with van der Waals surface area (Å²) < 4.78 is 3.51. The Morgan fingerprint density at radius 3 is 2.66 bits per heavy atom. The summed E-state index contributed by atoms with van der Waals surface area (Å²) in [6.45, 7) is 3.90. The Morgan fingerprint density at radius 1 is 1.10 bits per heavy atom. The lowest BCUT2D eigenvalue weighted by atomic mass is 10.1. The molecule has 29 heavy (non-hydrogen) atoms. The number of fused-ring (bicyclic) bond motifs is 1. The Labute approximate surface area is 167 Å². The van der Waals surface area contributed by atoms with Crippen LogP contribution in [0.3, 0.4) is 0 Å². The van der Waals surface area contributed by atoms with Crippen molar-refractivity contribution in [2.75, 3.05) is 5.73 Å². The molecule has 0 saturated heterocycles. The van der Waals surface area contributed by atoms with Crippen LogP contribution in [-0.4, -0.2) is 29.5 Å². The fourth-order valence-electron chi connectivity index (χ4n) is 3.38. The normalized spacial score (nSPS) is 10.7. The zero-order valence-electron chi connectivity index (χ0n) is 16.4. The van der Waals surface area contributed by atoms with Crippen molar-refractivity contribution in [1.29, 1.82) is 5.26 Å². The van der Waals surface area contributed by atoms with Crippen molar-refractivity contribution in [3.63, 3.8) is 0 Å². The molecule has 0 spiro atoms. The number of nitrogen functional groups attached to an aromatic ring is 1. The summed E-state index contributed by atoms with van der Waals surface area (Å²) in [5.74, 6) is 0.996. The third kappa shape index (κ3) is 3.41. The van der Waals surface area contributed by atoms with E-state index in [1.807, 2.05) is 51.2 Å². The van der Waals surface area contributed by atoms with Crippen LogP contribution in [0.5, 0.6) is 0 Å². The monoisotopic (exact) mass is 384 g/mol. The molecule has 0 aliphatic rings. The van der Waals surface area contributed by atoms with Crippen molar-refractivity contribution >= 4 is 16.9 Å². The number of nitriles is 1. The largest absolute Gasteiger partial charge is 0.385 e. The van der Waals surface area contributed by atoms with Gasteiger partial charge in [-0.05, 0) is 38.1 Å². The molecule has 0 fully saturated rings. The zero-order chi connectivity index (χ0) is 20.5. The van der Waals surface area contributed by atoms with Gasteiger partial charge in [-0.1, -0.05) is 12.1 Å². The number of nitrogens with zero attached hydrogens (tertiary/aromatic N) is 6. The second-order valence-electron chi connectivity index (χ2n) is 6.79. The highest BCUT2D eigenvalue weighted by Gasteiger charge is 2.12. The van der Waals surface area contributed by atoms with Crippen LogP contribution in [0.25, 0.3) is 28.1 Å². The molecular formula is C21H20N8. The number of hydrogen-bond acceptors (Lipinski definition) is 5. The molecule has 144 valence electrons. The number of rotatable bonds is 2. The van der Waals surface area contributed by atoms with Gasteiger partial charge in [-0.3, -0.25) is 4.68 Å². The highest BCUT2D eigenvalue weighted by atomic mass is 15.3. The maximum absolute atomic E-state index is 9.23. The van der Waals surface area contributed by atoms with E-state index in [0.29, 0.717) is 22.8 Å². The van der Waals surface area contributed by atoms with Gasteiger partial charge in [0.1, 0.15) is 5.82 Å². The van der Waals surface area contributed by atoms with Gasteiger partial charge in [-0.25, -0.2) is 9.67 Å². The molecule has 3 N–H and O–H groups in total. The van der Waals surface area contributed by atoms with Crippen molar-refractivity contribution in [3.05, 3.63) is 65.6 Å². The molecule has 3 aromatic heterocycles. The number of hydrogen-bond donors (Lipinski definition) is 2. The summed E-state index contributed by atoms with van der Waals surface area (Å²) in [6, 6.07) is 15.2. The average molecular weight is 384 g/mol. The third-order valence-corrected chi connectivity index (χ3v) is 4.57. The Hall–Kier alpha value is -4.12. The average Bonchev–Trinajstić information content (AvgIpc) is 3.20. The van der Waals surface area contributed by atoms with Gasteiger partial charge in [0.15, 0.2) is 11.5 Å². The molecule has 0 unspecified atom stereocenters. The molecule has 0 atom stereocenters. The minimum Gasteiger partial charge on any atom is -0.385 e. The highest BCUT2D eigenvalue weighted by molar-refractivity contribution is 5.91. The fraction of sp³-hybridized carbons (Fsp3) is 0.143. The standard InChI is InChI=1S/C21H20N8/c1-13-9-14(2)29(26-13)19-11-18(23)25-21-17(7-8-24-19)20(28(3)27-21)16-6-4-5-15(10-16)12-22/h4-11H,23H2,1-3H3,(H,25,27). The minimum absolute atomic E-state index is 0.400. The molecule has 1 aromatic carbocycles. The quantitative estimate of drug-likeness (QED) is 0.550. The molecule has 8 heteroatoms. The van der Waals surface area contributed by atoms with Gasteiger partial charge < -0.3 is 10.7 Å². The van der Waals surface area contributed by atoms with E-state index < -0.39 is 0 Å². The number of aromatic nitrogens is 6. The molecule has 0 radical (unpaired) electrons. The lowest BCUT2D eigenvalue weighted by Crippen LogP contribution is -2.01. The lowest BCUT2D eigenvalue weighted by molar-refractivity contribution is 0.783. The summed E-state index contributed by atoms with van der Waals surface area (Å²) in [6.07, 6.45) is 1.71. The van der Waals surface area contributed by atoms with E-state index in [1.165, 1.54) is 0 Å². The smallest absolute Gasteiger partial charge is 0.161 e. The van der Waals surface area contributed by atoms with Gasteiger partial charge >= 0.3 is 0 Å². The van der Waals surface area contributed by atoms with E-state index in [1.54, 1.807) is 27.7 Å². The van der Waals surface area contributed by atoms with Gasteiger partial charge in [0.25, 0.3) is 0 Å². The topological polar surface area (TPSA) is 114 Å². The van der Waals surface area contributed by atoms with Crippen LogP contribution in [-0.2, 0) is 7.05 Å². The molecule has 0 aliphatic carbocycles. The van der Waals surface area contributed by atoms with Crippen LogP contribution in [0, 0.1) is 25.2 Å². The predicted molar refractivity (Wildman–Crippen MR) is 112 cm³/mol. The Morgan fingerprint density at radius 2 is 1.93 bits per heavy atom. The second-order valence-corrected chi connectivity index (χ2v) is 6.79. The maximum atomic E-state index is 9.23. The van der Waals surface area contributed by atoms with Gasteiger partial charge in [-0.2, -0.15) is 15.5 Å². The molecule has 0 amide bonds. The van der Waals surface area contributed by atoms with E-state index in [2.05, 4.69) is 26.2 Å². The first-order valence-corrected chi connectivity index (χ1v) is 9.06. The number of aromatic amines is 1. The number of nitrogens with two attached hydrogens (primary N) is 1. The molecule has 4 aromatic rings. The second kappa shape index (κ2) is 7.13. The molecular weight excluding hydrogens is 364 g/mol. The van der Waals surface area contributed by atoms with Crippen molar-refractivity contribution in [1.82, 2.24) is 29.5 Å². The van der Waals surface area contributed by atoms with Crippen LogP contribution in [0.4, 0.5) is 5.82 Å². The van der Waals surface area contributed by atoms with Crippen molar-refractivity contribution in [3.8, 4) is 23.1 Å². The molecule has 0 bridgehead atoms. The summed E-state index contributed by atoms with van der Waals surface area (Å²) in [5, 5.41) is 19.1. The summed E-state index contributed by atoms with van der Waals surface area (Å²) >= 11 is 0. The van der Waals surface area contributed by atoms with E-state index in [9.17, 15) is 5.26 Å². The molecule has 0 aliphatic heterocycles. The van der Waals surface area contributed by atoms with Crippen molar-refractivity contribution in [2.24, 2.45) is 7.05 Å².